The summed E-state index contributed by atoms with van der Waals surface area (Å²) in [5, 5.41) is 13.1. The molecule has 56 heavy (non-hydrogen) atoms. The largest absolute Gasteiger partial charge is 0.490 e. The van der Waals surface area contributed by atoms with Gasteiger partial charge in [-0.25, -0.2) is 19.3 Å². The Kier molecular flexibility index (Phi) is 8.71. The summed E-state index contributed by atoms with van der Waals surface area (Å²) in [6.45, 7) is 16.5. The van der Waals surface area contributed by atoms with Crippen molar-refractivity contribution in [2.45, 2.75) is 105 Å². The molecule has 2 saturated carbocycles. The number of oxazole rings is 1. The first-order valence-corrected chi connectivity index (χ1v) is 20.4. The average Bonchev–Trinajstić information content (AvgIpc) is 3.85. The monoisotopic (exact) mass is 777 g/mol. The normalized spacial score (nSPS) is 21.0. The Bertz CT molecular complexity index is 2320. The van der Waals surface area contributed by atoms with Crippen molar-refractivity contribution in [2.24, 2.45) is 21.2 Å². The van der Waals surface area contributed by atoms with E-state index in [1.807, 2.05) is 17.6 Å². The van der Waals surface area contributed by atoms with Gasteiger partial charge in [-0.2, -0.15) is 0 Å². The number of carbonyl (C=O) groups is 1. The molecule has 1 N–H and O–H groups in total. The summed E-state index contributed by atoms with van der Waals surface area (Å²) in [6.07, 6.45) is 11.7. The number of amides is 1. The van der Waals surface area contributed by atoms with Gasteiger partial charge < -0.3 is 19.4 Å². The molecule has 1 amide bonds. The van der Waals surface area contributed by atoms with Gasteiger partial charge in [0.2, 0.25) is 5.95 Å². The highest BCUT2D eigenvalue weighted by Gasteiger charge is 2.53. The SMILES string of the molecule is Cc1sc2c(c1C)C(c1ccc(OC3CC4(CCN(c5ncc(C(=O)NC6C(C)(C)CC6(C)C)cn5)CC4)C3)cc1F)=NC(Cc1ncco1)c1nnc(C)n1-2. The first-order chi connectivity index (χ1) is 26.7. The number of carbonyl (C=O) groups excluding carboxylic acids is 1. The lowest BCUT2D eigenvalue weighted by Gasteiger charge is -2.57. The molecule has 0 bridgehead atoms. The number of nitrogens with zero attached hydrogens (tertiary/aromatic N) is 8. The number of anilines is 1. The summed E-state index contributed by atoms with van der Waals surface area (Å²) in [7, 11) is 0. The molecular formula is C42H48FN9O3S. The van der Waals surface area contributed by atoms with E-state index in [9.17, 15) is 4.79 Å². The molecule has 3 fully saturated rings. The number of rotatable bonds is 8. The predicted octanol–water partition coefficient (Wildman–Crippen LogP) is 7.69. The van der Waals surface area contributed by atoms with Crippen molar-refractivity contribution in [3.63, 3.8) is 0 Å². The maximum Gasteiger partial charge on any atom is 0.254 e. The number of thiophene rings is 1. The topological polar surface area (TPSA) is 136 Å². The molecular weight excluding hydrogens is 730 g/mol. The van der Waals surface area contributed by atoms with Crippen LogP contribution in [0.15, 0.2) is 52.5 Å². The number of hydrogen-bond acceptors (Lipinski definition) is 11. The molecule has 9 rings (SSSR count). The van der Waals surface area contributed by atoms with E-state index in [1.165, 1.54) is 12.3 Å². The molecule has 1 unspecified atom stereocenters. The lowest BCUT2D eigenvalue weighted by atomic mass is 9.52. The second kappa shape index (κ2) is 13.3. The molecule has 1 saturated heterocycles. The van der Waals surface area contributed by atoms with Gasteiger partial charge in [0, 0.05) is 53.6 Å². The van der Waals surface area contributed by atoms with Crippen molar-refractivity contribution in [2.75, 3.05) is 18.0 Å². The summed E-state index contributed by atoms with van der Waals surface area (Å²) >= 11 is 1.63. The van der Waals surface area contributed by atoms with Crippen LogP contribution in [0.3, 0.4) is 0 Å². The van der Waals surface area contributed by atoms with Crippen molar-refractivity contribution >= 4 is 28.9 Å². The Labute approximate surface area is 330 Å². The van der Waals surface area contributed by atoms with Gasteiger partial charge in [0.15, 0.2) is 11.7 Å². The van der Waals surface area contributed by atoms with Gasteiger partial charge in [0.25, 0.3) is 5.91 Å². The van der Waals surface area contributed by atoms with E-state index in [4.69, 9.17) is 14.1 Å². The quantitative estimate of drug-likeness (QED) is 0.168. The number of aliphatic imine (C=N–C) groups is 1. The highest BCUT2D eigenvalue weighted by Crippen LogP contribution is 2.54. The van der Waals surface area contributed by atoms with E-state index in [1.54, 1.807) is 36.0 Å². The number of halogens is 1. The fourth-order valence-corrected chi connectivity index (χ4v) is 11.3. The summed E-state index contributed by atoms with van der Waals surface area (Å²) in [6, 6.07) is 4.77. The van der Waals surface area contributed by atoms with Crippen molar-refractivity contribution in [1.29, 1.82) is 0 Å². The average molecular weight is 778 g/mol. The molecule has 12 nitrogen and oxygen atoms in total. The summed E-state index contributed by atoms with van der Waals surface area (Å²) in [5.74, 6) is 2.60. The minimum Gasteiger partial charge on any atom is -0.490 e. The standard InChI is InChI=1S/C42H48FN9O3S/c1-23-24(2)56-37-33(23)34(47-31(17-32-44-12-15-54-32)35-50-49-25(3)52(35)37)29-9-8-27(16-30(29)43)55-28-18-42(19-28)10-13-51(14-11-42)39-45-20-26(21-46-39)36(53)48-38-40(4,5)22-41(38,6)7/h8-9,12,15-16,20-21,28,31,38H,10-11,13-14,17-19,22H2,1-7H3,(H,48,53). The van der Waals surface area contributed by atoms with Crippen LogP contribution in [0.5, 0.6) is 5.75 Å². The fraction of sp³-hybridized carbons (Fsp3) is 0.500. The Morgan fingerprint density at radius 3 is 2.43 bits per heavy atom. The maximum absolute atomic E-state index is 16.3. The molecule has 4 aromatic heterocycles. The van der Waals surface area contributed by atoms with Gasteiger partial charge >= 0.3 is 0 Å². The van der Waals surface area contributed by atoms with E-state index in [-0.39, 0.29) is 40.1 Å². The molecule has 2 aliphatic carbocycles. The van der Waals surface area contributed by atoms with Gasteiger partial charge in [0.05, 0.1) is 30.0 Å². The Morgan fingerprint density at radius 1 is 1.04 bits per heavy atom. The van der Waals surface area contributed by atoms with Crippen LogP contribution in [0.4, 0.5) is 10.3 Å². The van der Waals surface area contributed by atoms with Crippen LogP contribution >= 0.6 is 11.3 Å². The molecule has 6 heterocycles. The van der Waals surface area contributed by atoms with Crippen LogP contribution in [-0.2, 0) is 6.42 Å². The van der Waals surface area contributed by atoms with Crippen LogP contribution < -0.4 is 15.0 Å². The smallest absolute Gasteiger partial charge is 0.254 e. The maximum atomic E-state index is 16.3. The third-order valence-electron chi connectivity index (χ3n) is 12.7. The van der Waals surface area contributed by atoms with Gasteiger partial charge in [-0.3, -0.25) is 14.4 Å². The molecule has 4 aliphatic rings. The Morgan fingerprint density at radius 2 is 1.77 bits per heavy atom. The van der Waals surface area contributed by atoms with Gasteiger partial charge in [-0.1, -0.05) is 27.7 Å². The second-order valence-electron chi connectivity index (χ2n) is 17.6. The van der Waals surface area contributed by atoms with Crippen LogP contribution in [0, 0.1) is 42.8 Å². The van der Waals surface area contributed by atoms with Crippen LogP contribution in [-0.4, -0.2) is 66.6 Å². The third-order valence-corrected chi connectivity index (χ3v) is 13.9. The highest BCUT2D eigenvalue weighted by atomic mass is 32.1. The van der Waals surface area contributed by atoms with Crippen molar-refractivity contribution in [3.8, 4) is 10.8 Å². The number of fused-ring (bicyclic) bond motifs is 3. The molecule has 14 heteroatoms. The zero-order chi connectivity index (χ0) is 39.1. The molecule has 5 aromatic rings. The molecule has 0 radical (unpaired) electrons. The zero-order valence-electron chi connectivity index (χ0n) is 33.0. The van der Waals surface area contributed by atoms with Crippen LogP contribution in [0.25, 0.3) is 5.00 Å². The number of aromatic nitrogens is 6. The number of hydrogen-bond donors (Lipinski definition) is 1. The van der Waals surface area contributed by atoms with E-state index in [0.29, 0.717) is 46.7 Å². The molecule has 292 valence electrons. The minimum atomic E-state index is -0.480. The van der Waals surface area contributed by atoms with Crippen molar-refractivity contribution in [3.05, 3.63) is 93.5 Å². The summed E-state index contributed by atoms with van der Waals surface area (Å²) in [4.78, 5) is 35.0. The van der Waals surface area contributed by atoms with Gasteiger partial charge in [0.1, 0.15) is 34.7 Å². The molecule has 1 spiro atoms. The van der Waals surface area contributed by atoms with E-state index in [0.717, 1.165) is 72.0 Å². The first kappa shape index (κ1) is 36.6. The Hall–Kier alpha value is -4.98. The Balaban J connectivity index is 0.850. The van der Waals surface area contributed by atoms with E-state index in [2.05, 4.69) is 76.9 Å². The first-order valence-electron chi connectivity index (χ1n) is 19.5. The van der Waals surface area contributed by atoms with E-state index < -0.39 is 6.04 Å². The molecule has 2 aliphatic heterocycles. The van der Waals surface area contributed by atoms with Crippen molar-refractivity contribution in [1.82, 2.24) is 35.0 Å². The van der Waals surface area contributed by atoms with Crippen molar-refractivity contribution < 1.29 is 18.3 Å². The lowest BCUT2D eigenvalue weighted by Crippen LogP contribution is -2.63. The number of piperidine rings is 1. The lowest BCUT2D eigenvalue weighted by molar-refractivity contribution is -0.0366. The summed E-state index contributed by atoms with van der Waals surface area (Å²) in [5.41, 5.74) is 3.74. The number of benzene rings is 1. The second-order valence-corrected chi connectivity index (χ2v) is 18.8. The van der Waals surface area contributed by atoms with Crippen LogP contribution in [0.1, 0.15) is 115 Å². The fourth-order valence-electron chi connectivity index (χ4n) is 10.1. The van der Waals surface area contributed by atoms with E-state index >= 15 is 4.39 Å². The summed E-state index contributed by atoms with van der Waals surface area (Å²) < 4.78 is 30.3. The van der Waals surface area contributed by atoms with Crippen LogP contribution in [0.2, 0.25) is 0 Å². The molecule has 1 aromatic carbocycles. The molecule has 1 atom stereocenters. The zero-order valence-corrected chi connectivity index (χ0v) is 33.8. The minimum absolute atomic E-state index is 0.0210. The number of ether oxygens (including phenoxy) is 1. The number of aryl methyl sites for hydroxylation is 2. The van der Waals surface area contributed by atoms with Gasteiger partial charge in [-0.05, 0) is 86.8 Å². The highest BCUT2D eigenvalue weighted by molar-refractivity contribution is 7.15. The number of nitrogens with one attached hydrogen (secondary N) is 1. The van der Waals surface area contributed by atoms with Gasteiger partial charge in [-0.15, -0.1) is 21.5 Å². The third kappa shape index (κ3) is 6.29. The predicted molar refractivity (Wildman–Crippen MR) is 211 cm³/mol.